The first-order valence-corrected chi connectivity index (χ1v) is 9.80. The lowest BCUT2D eigenvalue weighted by molar-refractivity contribution is -0.115. The van der Waals surface area contributed by atoms with Crippen LogP contribution in [0.4, 0.5) is 10.6 Å². The molecule has 0 radical (unpaired) electrons. The second kappa shape index (κ2) is 7.65. The Hall–Kier alpha value is -2.84. The maximum atomic E-state index is 12.2. The van der Waals surface area contributed by atoms with Gasteiger partial charge in [0.05, 0.1) is 12.6 Å². The van der Waals surface area contributed by atoms with Crippen molar-refractivity contribution in [3.05, 3.63) is 29.7 Å². The number of aryl methyl sites for hydroxylation is 1. The molecule has 2 fully saturated rings. The normalized spacial score (nSPS) is 24.2. The summed E-state index contributed by atoms with van der Waals surface area (Å²) in [6.45, 7) is 0.665. The minimum Gasteiger partial charge on any atom is -0.465 e. The third-order valence-corrected chi connectivity index (χ3v) is 5.96. The molecule has 1 aliphatic heterocycles. The Kier molecular flexibility index (Phi) is 5.06. The number of nitrogens with one attached hydrogen (secondary N) is 2. The predicted octanol–water partition coefficient (Wildman–Crippen LogP) is 2.35. The van der Waals surface area contributed by atoms with Crippen molar-refractivity contribution in [1.29, 1.82) is 0 Å². The number of carbonyl (C=O) groups is 2. The molecule has 150 valence electrons. The number of rotatable bonds is 6. The minimum atomic E-state index is -0.800. The van der Waals surface area contributed by atoms with Gasteiger partial charge in [-0.3, -0.25) is 14.6 Å². The average Bonchev–Trinajstić information content (AvgIpc) is 3.32. The van der Waals surface area contributed by atoms with Crippen LogP contribution in [-0.2, 0) is 18.3 Å². The lowest BCUT2D eigenvalue weighted by atomic mass is 9.90. The van der Waals surface area contributed by atoms with Crippen LogP contribution < -0.4 is 5.32 Å². The highest BCUT2D eigenvalue weighted by molar-refractivity contribution is 5.91. The minimum absolute atomic E-state index is 0.117. The summed E-state index contributed by atoms with van der Waals surface area (Å²) < 4.78 is 1.67. The number of aromatic amines is 1. The number of H-pyrrole nitrogens is 1. The molecule has 2 amide bonds. The van der Waals surface area contributed by atoms with Crippen LogP contribution in [0.3, 0.4) is 0 Å². The topological polar surface area (TPSA) is 116 Å². The van der Waals surface area contributed by atoms with Gasteiger partial charge in [-0.2, -0.15) is 10.2 Å². The van der Waals surface area contributed by atoms with E-state index < -0.39 is 6.09 Å². The zero-order valence-corrected chi connectivity index (χ0v) is 16.0. The number of likely N-dealkylation sites (tertiary alicyclic amines) is 1. The fourth-order valence-corrected chi connectivity index (χ4v) is 4.44. The number of nitrogens with zero attached hydrogens (tertiary/aromatic N) is 4. The maximum Gasteiger partial charge on any atom is 0.407 e. The average molecular weight is 386 g/mol. The van der Waals surface area contributed by atoms with Crippen molar-refractivity contribution in [3.63, 3.8) is 0 Å². The summed E-state index contributed by atoms with van der Waals surface area (Å²) in [6.07, 6.45) is 8.11. The summed E-state index contributed by atoms with van der Waals surface area (Å²) >= 11 is 0. The van der Waals surface area contributed by atoms with Crippen LogP contribution in [0.5, 0.6) is 0 Å². The van der Waals surface area contributed by atoms with Crippen LogP contribution in [-0.4, -0.2) is 54.6 Å². The van der Waals surface area contributed by atoms with E-state index in [1.807, 2.05) is 19.3 Å². The number of anilines is 1. The van der Waals surface area contributed by atoms with Crippen molar-refractivity contribution >= 4 is 17.8 Å². The number of aromatic nitrogens is 4. The van der Waals surface area contributed by atoms with E-state index in [-0.39, 0.29) is 18.4 Å². The smallest absolute Gasteiger partial charge is 0.407 e. The first-order valence-electron chi connectivity index (χ1n) is 9.80. The molecule has 2 aliphatic rings. The van der Waals surface area contributed by atoms with E-state index in [9.17, 15) is 9.59 Å². The zero-order chi connectivity index (χ0) is 19.7. The largest absolute Gasteiger partial charge is 0.465 e. The van der Waals surface area contributed by atoms with Gasteiger partial charge < -0.3 is 15.3 Å². The summed E-state index contributed by atoms with van der Waals surface area (Å²) in [5, 5.41) is 23.3. The van der Waals surface area contributed by atoms with Gasteiger partial charge in [0.25, 0.3) is 0 Å². The molecule has 9 nitrogen and oxygen atoms in total. The first kappa shape index (κ1) is 18.5. The first-order chi connectivity index (χ1) is 13.5. The number of carbonyl (C=O) groups excluding carboxylic acids is 1. The van der Waals surface area contributed by atoms with E-state index in [0.29, 0.717) is 24.2 Å². The molecule has 3 atom stereocenters. The van der Waals surface area contributed by atoms with Gasteiger partial charge in [0.1, 0.15) is 0 Å². The molecule has 28 heavy (non-hydrogen) atoms. The highest BCUT2D eigenvalue weighted by Crippen LogP contribution is 2.41. The molecule has 0 aromatic carbocycles. The molecule has 3 heterocycles. The van der Waals surface area contributed by atoms with E-state index in [0.717, 1.165) is 43.4 Å². The van der Waals surface area contributed by atoms with Crippen LogP contribution in [0, 0.1) is 5.92 Å². The molecule has 9 heteroatoms. The fraction of sp³-hybridized carbons (Fsp3) is 0.579. The number of hydrogen-bond donors (Lipinski definition) is 3. The van der Waals surface area contributed by atoms with Gasteiger partial charge in [0.2, 0.25) is 5.91 Å². The van der Waals surface area contributed by atoms with E-state index in [1.54, 1.807) is 15.8 Å². The Balaban J connectivity index is 1.27. The Labute approximate surface area is 163 Å². The molecular formula is C19H26N6O3. The van der Waals surface area contributed by atoms with Crippen LogP contribution in [0.2, 0.25) is 0 Å². The van der Waals surface area contributed by atoms with Crippen molar-refractivity contribution in [2.45, 2.75) is 50.5 Å². The molecule has 4 rings (SSSR count). The van der Waals surface area contributed by atoms with Gasteiger partial charge in [-0.15, -0.1) is 0 Å². The molecule has 0 bridgehead atoms. The van der Waals surface area contributed by atoms with E-state index in [1.165, 1.54) is 0 Å². The summed E-state index contributed by atoms with van der Waals surface area (Å²) in [6, 6.07) is 2.10. The molecule has 2 unspecified atom stereocenters. The molecule has 1 aliphatic carbocycles. The highest BCUT2D eigenvalue weighted by Gasteiger charge is 2.36. The number of amides is 2. The standard InChI is InChI=1S/C19H26N6O3/c1-24-11-13(10-20-24)8-18(26)21-17-9-16(22-23-17)14-3-2-12(6-14)7-15-4-5-25(15)19(27)28/h9-12,14-15H,2-8H2,1H3,(H,27,28)(H2,21,22,23,26)/t12?,14?,15-/m1/s1. The van der Waals surface area contributed by atoms with Crippen molar-refractivity contribution in [2.75, 3.05) is 11.9 Å². The van der Waals surface area contributed by atoms with Crippen LogP contribution in [0.1, 0.15) is 49.3 Å². The lowest BCUT2D eigenvalue weighted by Gasteiger charge is -2.40. The van der Waals surface area contributed by atoms with Gasteiger partial charge >= 0.3 is 6.09 Å². The van der Waals surface area contributed by atoms with Crippen molar-refractivity contribution in [1.82, 2.24) is 24.9 Å². The second-order valence-corrected chi connectivity index (χ2v) is 7.99. The second-order valence-electron chi connectivity index (χ2n) is 7.99. The maximum absolute atomic E-state index is 12.2. The molecule has 3 N–H and O–H groups in total. The third kappa shape index (κ3) is 4.02. The van der Waals surface area contributed by atoms with E-state index >= 15 is 0 Å². The van der Waals surface area contributed by atoms with Crippen LogP contribution >= 0.6 is 0 Å². The van der Waals surface area contributed by atoms with E-state index in [4.69, 9.17) is 5.11 Å². The zero-order valence-electron chi connectivity index (χ0n) is 16.0. The summed E-state index contributed by atoms with van der Waals surface area (Å²) in [7, 11) is 1.82. The summed E-state index contributed by atoms with van der Waals surface area (Å²) in [5.74, 6) is 1.36. The van der Waals surface area contributed by atoms with Crippen LogP contribution in [0.15, 0.2) is 18.5 Å². The van der Waals surface area contributed by atoms with Gasteiger partial charge in [0.15, 0.2) is 5.82 Å². The summed E-state index contributed by atoms with van der Waals surface area (Å²) in [5.41, 5.74) is 1.91. The quantitative estimate of drug-likeness (QED) is 0.705. The molecule has 0 spiro atoms. The fourth-order valence-electron chi connectivity index (χ4n) is 4.44. The lowest BCUT2D eigenvalue weighted by Crippen LogP contribution is -2.51. The summed E-state index contributed by atoms with van der Waals surface area (Å²) in [4.78, 5) is 24.9. The monoisotopic (exact) mass is 386 g/mol. The van der Waals surface area contributed by atoms with Gasteiger partial charge in [-0.25, -0.2) is 4.79 Å². The Bertz CT molecular complexity index is 859. The van der Waals surface area contributed by atoms with Crippen molar-refractivity contribution < 1.29 is 14.7 Å². The molecule has 2 aromatic rings. The Morgan fingerprint density at radius 1 is 1.36 bits per heavy atom. The van der Waals surface area contributed by atoms with Crippen LogP contribution in [0.25, 0.3) is 0 Å². The number of hydrogen-bond acceptors (Lipinski definition) is 4. The molecule has 2 aromatic heterocycles. The van der Waals surface area contributed by atoms with Crippen molar-refractivity contribution in [3.8, 4) is 0 Å². The Morgan fingerprint density at radius 2 is 2.21 bits per heavy atom. The van der Waals surface area contributed by atoms with Gasteiger partial charge in [0, 0.05) is 43.5 Å². The predicted molar refractivity (Wildman–Crippen MR) is 102 cm³/mol. The SMILES string of the molecule is Cn1cc(CC(=O)Nc2cc(C3CCC(C[C@H]4CCN4C(=O)O)C3)[nH]n2)cn1. The number of carboxylic acid groups (broad SMARTS) is 1. The Morgan fingerprint density at radius 3 is 2.89 bits per heavy atom. The highest BCUT2D eigenvalue weighted by atomic mass is 16.4. The van der Waals surface area contributed by atoms with Crippen molar-refractivity contribution in [2.24, 2.45) is 13.0 Å². The molecule has 1 saturated carbocycles. The molecular weight excluding hydrogens is 360 g/mol. The third-order valence-electron chi connectivity index (χ3n) is 5.96. The van der Waals surface area contributed by atoms with Gasteiger partial charge in [-0.05, 0) is 43.6 Å². The van der Waals surface area contributed by atoms with Gasteiger partial charge in [-0.1, -0.05) is 0 Å². The van der Waals surface area contributed by atoms with E-state index in [2.05, 4.69) is 20.6 Å². The molecule has 1 saturated heterocycles.